The molecule has 2 heterocycles. The Morgan fingerprint density at radius 2 is 2.31 bits per heavy atom. The monoisotopic (exact) mass is 215 g/mol. The van der Waals surface area contributed by atoms with Crippen LogP contribution in [-0.2, 0) is 0 Å². The normalized spacial score (nSPS) is 14.9. The van der Waals surface area contributed by atoms with E-state index in [0.717, 1.165) is 35.6 Å². The SMILES string of the molecule is Cc1ccc(NC2=NCCN2)c2[nH]ncc12. The molecule has 0 unspecified atom stereocenters. The van der Waals surface area contributed by atoms with E-state index in [-0.39, 0.29) is 0 Å². The summed E-state index contributed by atoms with van der Waals surface area (Å²) in [4.78, 5) is 4.30. The van der Waals surface area contributed by atoms with Crippen molar-refractivity contribution in [2.45, 2.75) is 6.92 Å². The number of anilines is 1. The quantitative estimate of drug-likeness (QED) is 0.670. The van der Waals surface area contributed by atoms with E-state index in [1.807, 2.05) is 12.3 Å². The molecule has 0 spiro atoms. The molecule has 0 fully saturated rings. The Labute approximate surface area is 93.0 Å². The van der Waals surface area contributed by atoms with Gasteiger partial charge in [0.15, 0.2) is 5.96 Å². The predicted molar refractivity (Wildman–Crippen MR) is 64.8 cm³/mol. The van der Waals surface area contributed by atoms with Gasteiger partial charge in [0.25, 0.3) is 0 Å². The van der Waals surface area contributed by atoms with Crippen LogP contribution in [0, 0.1) is 6.92 Å². The van der Waals surface area contributed by atoms with Crippen LogP contribution in [0.1, 0.15) is 5.56 Å². The number of aryl methyl sites for hydroxylation is 1. The van der Waals surface area contributed by atoms with Gasteiger partial charge in [-0.05, 0) is 18.6 Å². The molecule has 1 aromatic heterocycles. The third-order valence-corrected chi connectivity index (χ3v) is 2.76. The third-order valence-electron chi connectivity index (χ3n) is 2.76. The molecule has 3 N–H and O–H groups in total. The van der Waals surface area contributed by atoms with E-state index in [1.165, 1.54) is 5.56 Å². The number of nitrogens with zero attached hydrogens (tertiary/aromatic N) is 2. The number of H-pyrrole nitrogens is 1. The fraction of sp³-hybridized carbons (Fsp3) is 0.273. The topological polar surface area (TPSA) is 65.1 Å². The molecule has 16 heavy (non-hydrogen) atoms. The largest absolute Gasteiger partial charge is 0.354 e. The number of aliphatic imine (C=N–C) groups is 1. The lowest BCUT2D eigenvalue weighted by atomic mass is 10.1. The summed E-state index contributed by atoms with van der Waals surface area (Å²) in [7, 11) is 0. The summed E-state index contributed by atoms with van der Waals surface area (Å²) in [5, 5.41) is 14.7. The molecule has 5 nitrogen and oxygen atoms in total. The molecule has 0 atom stereocenters. The van der Waals surface area contributed by atoms with E-state index in [9.17, 15) is 0 Å². The number of benzene rings is 1. The van der Waals surface area contributed by atoms with Crippen LogP contribution in [0.15, 0.2) is 23.3 Å². The first-order chi connectivity index (χ1) is 7.84. The molecule has 1 aliphatic heterocycles. The van der Waals surface area contributed by atoms with E-state index in [1.54, 1.807) is 0 Å². The smallest absolute Gasteiger partial charge is 0.195 e. The van der Waals surface area contributed by atoms with E-state index in [0.29, 0.717) is 0 Å². The van der Waals surface area contributed by atoms with Gasteiger partial charge in [-0.3, -0.25) is 10.1 Å². The zero-order chi connectivity index (χ0) is 11.0. The van der Waals surface area contributed by atoms with Crippen molar-refractivity contribution in [3.05, 3.63) is 23.9 Å². The molecular formula is C11H13N5. The molecule has 3 rings (SSSR count). The summed E-state index contributed by atoms with van der Waals surface area (Å²) in [6, 6.07) is 4.12. The Morgan fingerprint density at radius 3 is 3.12 bits per heavy atom. The predicted octanol–water partition coefficient (Wildman–Crippen LogP) is 1.24. The molecule has 1 aromatic carbocycles. The molecule has 1 aliphatic rings. The number of hydrogen-bond acceptors (Lipinski definition) is 4. The first-order valence-corrected chi connectivity index (χ1v) is 5.32. The summed E-state index contributed by atoms with van der Waals surface area (Å²) < 4.78 is 0. The second kappa shape index (κ2) is 3.52. The van der Waals surface area contributed by atoms with Gasteiger partial charge in [-0.15, -0.1) is 0 Å². The zero-order valence-corrected chi connectivity index (χ0v) is 9.04. The number of fused-ring (bicyclic) bond motifs is 1. The van der Waals surface area contributed by atoms with E-state index in [2.05, 4.69) is 38.8 Å². The van der Waals surface area contributed by atoms with Gasteiger partial charge in [0.05, 0.1) is 23.9 Å². The molecule has 5 heteroatoms. The van der Waals surface area contributed by atoms with Gasteiger partial charge in [0.1, 0.15) is 0 Å². The summed E-state index contributed by atoms with van der Waals surface area (Å²) in [5.41, 5.74) is 3.25. The average Bonchev–Trinajstić information content (AvgIpc) is 2.92. The highest BCUT2D eigenvalue weighted by Crippen LogP contribution is 2.23. The molecule has 0 bridgehead atoms. The van der Waals surface area contributed by atoms with Crippen molar-refractivity contribution in [2.75, 3.05) is 18.4 Å². The van der Waals surface area contributed by atoms with Crippen LogP contribution in [0.4, 0.5) is 5.69 Å². The molecule has 0 amide bonds. The number of hydrogen-bond donors (Lipinski definition) is 3. The molecule has 82 valence electrons. The Hall–Kier alpha value is -2.04. The van der Waals surface area contributed by atoms with Crippen LogP contribution in [0.3, 0.4) is 0 Å². The minimum atomic E-state index is 0.833. The lowest BCUT2D eigenvalue weighted by Gasteiger charge is -2.08. The minimum absolute atomic E-state index is 0.833. The van der Waals surface area contributed by atoms with Crippen LogP contribution in [-0.4, -0.2) is 29.2 Å². The summed E-state index contributed by atoms with van der Waals surface area (Å²) >= 11 is 0. The second-order valence-electron chi connectivity index (χ2n) is 3.87. The fourth-order valence-electron chi connectivity index (χ4n) is 1.89. The van der Waals surface area contributed by atoms with E-state index in [4.69, 9.17) is 0 Å². The summed E-state index contributed by atoms with van der Waals surface area (Å²) in [6.07, 6.45) is 1.85. The molecule has 2 aromatic rings. The van der Waals surface area contributed by atoms with Crippen molar-refractivity contribution in [3.8, 4) is 0 Å². The fourth-order valence-corrected chi connectivity index (χ4v) is 1.89. The van der Waals surface area contributed by atoms with Crippen molar-refractivity contribution in [3.63, 3.8) is 0 Å². The van der Waals surface area contributed by atoms with Crippen molar-refractivity contribution in [1.29, 1.82) is 0 Å². The van der Waals surface area contributed by atoms with Gasteiger partial charge in [-0.1, -0.05) is 6.07 Å². The van der Waals surface area contributed by atoms with Crippen molar-refractivity contribution >= 4 is 22.5 Å². The van der Waals surface area contributed by atoms with Crippen molar-refractivity contribution < 1.29 is 0 Å². The summed E-state index contributed by atoms with van der Waals surface area (Å²) in [5.74, 6) is 0.833. The Balaban J connectivity index is 2.03. The lowest BCUT2D eigenvalue weighted by molar-refractivity contribution is 0.959. The Morgan fingerprint density at radius 1 is 1.38 bits per heavy atom. The standard InChI is InChI=1S/C11H13N5/c1-7-2-3-9(10-8(7)6-14-16-10)15-11-12-4-5-13-11/h2-3,6H,4-5H2,1H3,(H,14,16)(H2,12,13,15). The van der Waals surface area contributed by atoms with Crippen molar-refractivity contribution in [2.24, 2.45) is 4.99 Å². The molecule has 0 aliphatic carbocycles. The average molecular weight is 215 g/mol. The van der Waals surface area contributed by atoms with Gasteiger partial charge in [-0.2, -0.15) is 5.10 Å². The molecule has 0 saturated carbocycles. The van der Waals surface area contributed by atoms with Crippen LogP contribution in [0.25, 0.3) is 10.9 Å². The van der Waals surface area contributed by atoms with Crippen LogP contribution in [0.5, 0.6) is 0 Å². The van der Waals surface area contributed by atoms with Gasteiger partial charge in [-0.25, -0.2) is 0 Å². The molecule has 0 radical (unpaired) electrons. The molecular weight excluding hydrogens is 202 g/mol. The van der Waals surface area contributed by atoms with Crippen molar-refractivity contribution in [1.82, 2.24) is 15.5 Å². The van der Waals surface area contributed by atoms with Gasteiger partial charge in [0, 0.05) is 11.9 Å². The van der Waals surface area contributed by atoms with Gasteiger partial charge in [0.2, 0.25) is 0 Å². The highest BCUT2D eigenvalue weighted by molar-refractivity contribution is 6.02. The second-order valence-corrected chi connectivity index (χ2v) is 3.87. The van der Waals surface area contributed by atoms with Crippen LogP contribution < -0.4 is 10.6 Å². The maximum atomic E-state index is 4.30. The first kappa shape index (κ1) is 9.21. The van der Waals surface area contributed by atoms with Crippen LogP contribution >= 0.6 is 0 Å². The number of aromatic amines is 1. The number of nitrogens with one attached hydrogen (secondary N) is 3. The Bertz CT molecular complexity index is 555. The number of aromatic nitrogens is 2. The lowest BCUT2D eigenvalue weighted by Crippen LogP contribution is -2.26. The summed E-state index contributed by atoms with van der Waals surface area (Å²) in [6.45, 7) is 3.81. The van der Waals surface area contributed by atoms with E-state index >= 15 is 0 Å². The first-order valence-electron chi connectivity index (χ1n) is 5.32. The number of rotatable bonds is 1. The highest BCUT2D eigenvalue weighted by Gasteiger charge is 2.09. The third kappa shape index (κ3) is 1.41. The maximum absolute atomic E-state index is 4.30. The molecule has 0 saturated heterocycles. The number of guanidine groups is 1. The van der Waals surface area contributed by atoms with Gasteiger partial charge < -0.3 is 10.6 Å². The van der Waals surface area contributed by atoms with Crippen LogP contribution in [0.2, 0.25) is 0 Å². The Kier molecular flexibility index (Phi) is 2.02. The highest BCUT2D eigenvalue weighted by atomic mass is 15.2. The maximum Gasteiger partial charge on any atom is 0.195 e. The van der Waals surface area contributed by atoms with E-state index < -0.39 is 0 Å². The van der Waals surface area contributed by atoms with Gasteiger partial charge >= 0.3 is 0 Å². The zero-order valence-electron chi connectivity index (χ0n) is 9.04. The minimum Gasteiger partial charge on any atom is -0.354 e.